The van der Waals surface area contributed by atoms with E-state index < -0.39 is 0 Å². The molecule has 5 nitrogen and oxygen atoms in total. The van der Waals surface area contributed by atoms with Crippen LogP contribution in [0.2, 0.25) is 0 Å². The molecular weight excluding hydrogens is 234 g/mol. The molecule has 1 aromatic rings. The van der Waals surface area contributed by atoms with Gasteiger partial charge in [-0.25, -0.2) is 0 Å². The van der Waals surface area contributed by atoms with Crippen LogP contribution in [0.15, 0.2) is 24.3 Å². The number of ether oxygens (including phenoxy) is 2. The summed E-state index contributed by atoms with van der Waals surface area (Å²) in [6.07, 6.45) is 0.235. The minimum absolute atomic E-state index is 0.0251. The third kappa shape index (κ3) is 3.00. The molecule has 18 heavy (non-hydrogen) atoms. The minimum atomic E-state index is -0.291. The zero-order valence-electron chi connectivity index (χ0n) is 10.1. The Kier molecular flexibility index (Phi) is 3.82. The Morgan fingerprint density at radius 1 is 1.44 bits per heavy atom. The Labute approximate surface area is 105 Å². The van der Waals surface area contributed by atoms with Crippen LogP contribution in [0.1, 0.15) is 18.9 Å². The standard InChI is InChI=1S/C13H15NO4/c1-2-17-13(16)7-9-5-3-4-6-10(9)18-12-8-11(15)14-12/h3-6,12H,2,7-8H2,1H3,(H,14,15). The topological polar surface area (TPSA) is 64.6 Å². The summed E-state index contributed by atoms with van der Waals surface area (Å²) in [6, 6.07) is 7.25. The van der Waals surface area contributed by atoms with Gasteiger partial charge in [0.1, 0.15) is 5.75 Å². The fraction of sp³-hybridized carbons (Fsp3) is 0.385. The monoisotopic (exact) mass is 249 g/mol. The first-order valence-electron chi connectivity index (χ1n) is 5.88. The SMILES string of the molecule is CCOC(=O)Cc1ccccc1OC1CC(=O)N1. The van der Waals surface area contributed by atoms with Gasteiger partial charge in [-0.1, -0.05) is 18.2 Å². The zero-order valence-corrected chi connectivity index (χ0v) is 10.1. The summed E-state index contributed by atoms with van der Waals surface area (Å²) in [5.41, 5.74) is 0.761. The van der Waals surface area contributed by atoms with Crippen LogP contribution in [0, 0.1) is 0 Å². The van der Waals surface area contributed by atoms with Gasteiger partial charge in [0.25, 0.3) is 0 Å². The van der Waals surface area contributed by atoms with E-state index in [1.54, 1.807) is 13.0 Å². The minimum Gasteiger partial charge on any atom is -0.470 e. The molecule has 0 radical (unpaired) electrons. The lowest BCUT2D eigenvalue weighted by Gasteiger charge is -2.28. The molecule has 1 aromatic carbocycles. The average Bonchev–Trinajstić information content (AvgIpc) is 2.30. The Morgan fingerprint density at radius 2 is 2.17 bits per heavy atom. The molecule has 0 saturated carbocycles. The number of esters is 1. The molecule has 1 atom stereocenters. The predicted octanol–water partition coefficient (Wildman–Crippen LogP) is 1.02. The first-order valence-corrected chi connectivity index (χ1v) is 5.88. The van der Waals surface area contributed by atoms with Gasteiger partial charge in [0, 0.05) is 5.56 Å². The van der Waals surface area contributed by atoms with Crippen LogP contribution in [0.3, 0.4) is 0 Å². The maximum absolute atomic E-state index is 11.4. The molecule has 1 unspecified atom stereocenters. The molecule has 1 N–H and O–H groups in total. The van der Waals surface area contributed by atoms with Crippen molar-refractivity contribution in [1.29, 1.82) is 0 Å². The molecule has 96 valence electrons. The second kappa shape index (κ2) is 5.53. The summed E-state index contributed by atoms with van der Waals surface area (Å²) in [5, 5.41) is 2.62. The number of β-lactam (4-membered cyclic amide) rings is 1. The number of para-hydroxylation sites is 1. The third-order valence-electron chi connectivity index (χ3n) is 2.57. The fourth-order valence-electron chi connectivity index (χ4n) is 1.68. The quantitative estimate of drug-likeness (QED) is 0.625. The van der Waals surface area contributed by atoms with Gasteiger partial charge in [-0.15, -0.1) is 0 Å². The number of hydrogen-bond donors (Lipinski definition) is 1. The normalized spacial score (nSPS) is 17.6. The van der Waals surface area contributed by atoms with Crippen LogP contribution in [0.4, 0.5) is 0 Å². The smallest absolute Gasteiger partial charge is 0.310 e. The van der Waals surface area contributed by atoms with Gasteiger partial charge in [0.05, 0.1) is 19.4 Å². The second-order valence-corrected chi connectivity index (χ2v) is 3.97. The number of amides is 1. The highest BCUT2D eigenvalue weighted by Crippen LogP contribution is 2.22. The predicted molar refractivity (Wildman–Crippen MR) is 64.0 cm³/mol. The summed E-state index contributed by atoms with van der Waals surface area (Å²) < 4.78 is 10.5. The maximum Gasteiger partial charge on any atom is 0.310 e. The van der Waals surface area contributed by atoms with Crippen molar-refractivity contribution in [2.45, 2.75) is 26.0 Å². The Balaban J connectivity index is 2.00. The summed E-state index contributed by atoms with van der Waals surface area (Å²) in [7, 11) is 0. The van der Waals surface area contributed by atoms with Crippen molar-refractivity contribution < 1.29 is 19.1 Å². The molecule has 0 bridgehead atoms. The molecule has 5 heteroatoms. The van der Waals surface area contributed by atoms with Crippen molar-refractivity contribution in [1.82, 2.24) is 5.32 Å². The van der Waals surface area contributed by atoms with E-state index in [0.717, 1.165) is 5.56 Å². The summed E-state index contributed by atoms with van der Waals surface area (Å²) in [4.78, 5) is 22.2. The van der Waals surface area contributed by atoms with Crippen molar-refractivity contribution in [3.05, 3.63) is 29.8 Å². The average molecular weight is 249 g/mol. The molecule has 0 aliphatic carbocycles. The molecule has 1 aliphatic rings. The van der Waals surface area contributed by atoms with Crippen LogP contribution in [-0.2, 0) is 20.7 Å². The van der Waals surface area contributed by atoms with E-state index in [4.69, 9.17) is 9.47 Å². The van der Waals surface area contributed by atoms with E-state index in [9.17, 15) is 9.59 Å². The molecule has 1 aliphatic heterocycles. The van der Waals surface area contributed by atoms with E-state index in [1.165, 1.54) is 0 Å². The number of nitrogens with one attached hydrogen (secondary N) is 1. The Bertz CT molecular complexity index is 450. The molecule has 1 saturated heterocycles. The molecule has 0 spiro atoms. The van der Waals surface area contributed by atoms with Crippen molar-refractivity contribution in [3.8, 4) is 5.75 Å². The van der Waals surface area contributed by atoms with Crippen LogP contribution < -0.4 is 10.1 Å². The second-order valence-electron chi connectivity index (χ2n) is 3.97. The third-order valence-corrected chi connectivity index (χ3v) is 2.57. The van der Waals surface area contributed by atoms with Gasteiger partial charge in [-0.3, -0.25) is 9.59 Å². The highest BCUT2D eigenvalue weighted by Gasteiger charge is 2.27. The van der Waals surface area contributed by atoms with E-state index >= 15 is 0 Å². The van der Waals surface area contributed by atoms with Gasteiger partial charge in [0.2, 0.25) is 5.91 Å². The molecule has 1 amide bonds. The van der Waals surface area contributed by atoms with E-state index in [1.807, 2.05) is 18.2 Å². The number of hydrogen-bond acceptors (Lipinski definition) is 4. The van der Waals surface area contributed by atoms with Crippen molar-refractivity contribution in [3.63, 3.8) is 0 Å². The highest BCUT2D eigenvalue weighted by molar-refractivity contribution is 5.82. The zero-order chi connectivity index (χ0) is 13.0. The number of rotatable bonds is 5. The van der Waals surface area contributed by atoms with Gasteiger partial charge >= 0.3 is 5.97 Å². The lowest BCUT2D eigenvalue weighted by Crippen LogP contribution is -2.52. The largest absolute Gasteiger partial charge is 0.470 e. The van der Waals surface area contributed by atoms with Crippen LogP contribution >= 0.6 is 0 Å². The van der Waals surface area contributed by atoms with Crippen molar-refractivity contribution >= 4 is 11.9 Å². The molecular formula is C13H15NO4. The number of carbonyl (C=O) groups is 2. The molecule has 1 heterocycles. The van der Waals surface area contributed by atoms with E-state index in [-0.39, 0.29) is 24.5 Å². The van der Waals surface area contributed by atoms with Gasteiger partial charge in [-0.2, -0.15) is 0 Å². The first kappa shape index (κ1) is 12.4. The summed E-state index contributed by atoms with van der Waals surface area (Å²) in [5.74, 6) is 0.296. The summed E-state index contributed by atoms with van der Waals surface area (Å²) in [6.45, 7) is 2.13. The van der Waals surface area contributed by atoms with E-state index in [2.05, 4.69) is 5.32 Å². The molecule has 1 fully saturated rings. The Morgan fingerprint density at radius 3 is 2.83 bits per heavy atom. The van der Waals surface area contributed by atoms with Gasteiger partial charge in [-0.05, 0) is 13.0 Å². The maximum atomic E-state index is 11.4. The first-order chi connectivity index (χ1) is 8.69. The Hall–Kier alpha value is -2.04. The van der Waals surface area contributed by atoms with Gasteiger partial charge in [0.15, 0.2) is 6.23 Å². The lowest BCUT2D eigenvalue weighted by atomic mass is 10.1. The van der Waals surface area contributed by atoms with Crippen LogP contribution in [0.5, 0.6) is 5.75 Å². The van der Waals surface area contributed by atoms with Gasteiger partial charge < -0.3 is 14.8 Å². The fourth-order valence-corrected chi connectivity index (χ4v) is 1.68. The number of benzene rings is 1. The lowest BCUT2D eigenvalue weighted by molar-refractivity contribution is -0.142. The van der Waals surface area contributed by atoms with Crippen molar-refractivity contribution in [2.24, 2.45) is 0 Å². The van der Waals surface area contributed by atoms with Crippen molar-refractivity contribution in [2.75, 3.05) is 6.61 Å². The van der Waals surface area contributed by atoms with E-state index in [0.29, 0.717) is 18.8 Å². The number of carbonyl (C=O) groups excluding carboxylic acids is 2. The highest BCUT2D eigenvalue weighted by atomic mass is 16.5. The molecule has 0 aromatic heterocycles. The van der Waals surface area contributed by atoms with Crippen LogP contribution in [-0.4, -0.2) is 24.7 Å². The summed E-state index contributed by atoms with van der Waals surface area (Å²) >= 11 is 0. The van der Waals surface area contributed by atoms with Crippen LogP contribution in [0.25, 0.3) is 0 Å². The molecule has 2 rings (SSSR count).